The van der Waals surface area contributed by atoms with Gasteiger partial charge in [0.15, 0.2) is 5.76 Å². The second kappa shape index (κ2) is 28.6. The summed E-state index contributed by atoms with van der Waals surface area (Å²) in [6.45, 7) is 12.1. The zero-order valence-corrected chi connectivity index (χ0v) is 35.3. The Balaban J connectivity index is 0.00000801. The second-order valence-corrected chi connectivity index (χ2v) is 14.9. The number of nitrogens with two attached hydrogens (primary N) is 4. The molecule has 334 valence electrons. The molecule has 0 saturated heterocycles. The Bertz CT molecular complexity index is 1530. The monoisotopic (exact) mass is 838 g/mol. The number of furan rings is 1. The molecule has 21 heteroatoms. The van der Waals surface area contributed by atoms with Crippen molar-refractivity contribution in [1.82, 2.24) is 31.9 Å². The van der Waals surface area contributed by atoms with Gasteiger partial charge in [0.1, 0.15) is 30.2 Å². The second-order valence-electron chi connectivity index (χ2n) is 14.9. The zero-order chi connectivity index (χ0) is 45.2. The molecule has 0 unspecified atom stereocenters. The van der Waals surface area contributed by atoms with Crippen LogP contribution in [0.2, 0.25) is 0 Å². The number of hydrogen-bond acceptors (Lipinski definition) is 11. The third kappa shape index (κ3) is 23.3. The summed E-state index contributed by atoms with van der Waals surface area (Å²) in [5.41, 5.74) is 22.0. The minimum atomic E-state index is -1.16. The third-order valence-electron chi connectivity index (χ3n) is 8.64. The van der Waals surface area contributed by atoms with E-state index in [-0.39, 0.29) is 68.2 Å². The number of nitrogens with one attached hydrogen (secondary N) is 7. The lowest BCUT2D eigenvalue weighted by molar-refractivity contribution is -0.459. The molecule has 0 spiro atoms. The number of carboxylic acids is 1. The highest BCUT2D eigenvalue weighted by Crippen LogP contribution is 2.12. The van der Waals surface area contributed by atoms with Crippen molar-refractivity contribution in [3.05, 3.63) is 24.2 Å². The molecule has 6 atom stereocenters. The first-order valence-electron chi connectivity index (χ1n) is 19.7. The maximum Gasteiger partial charge on any atom is 0.338 e. The minimum Gasteiger partial charge on any atom is -0.550 e. The van der Waals surface area contributed by atoms with E-state index in [1.165, 1.54) is 12.3 Å². The number of rotatable bonds is 26. The lowest BCUT2D eigenvalue weighted by Gasteiger charge is -2.27. The standard InChI is InChI=1S/C36H63N11O8.C2H4O2/c1-7-22(6)29(47-33(52)26(18-21(4)5)46-34(53)27-13-10-16-55-27)35(54)42-19-28(48)43-24(12-9-15-41-36(39)40)31(50)45-25(17-20(2)3)32(51)44-23(30(38)49)11-8-14-37;1-2(3)4/h10,13,16,20-26,29H,7-9,11-12,14-15,17-19,37H2,1-6H3,(H2,38,49)(H,42,54)(H,43,48)(H,44,51)(H,45,50)(H,46,53)(H,47,52)(H4,39,40,41);1H3,(H,3,4)/t22-,23-,24-,25-,26-,29-;/m0./s1. The van der Waals surface area contributed by atoms with Gasteiger partial charge in [-0.3, -0.25) is 50.0 Å². The van der Waals surface area contributed by atoms with E-state index in [9.17, 15) is 33.6 Å². The highest BCUT2D eigenvalue weighted by molar-refractivity contribution is 5.98. The number of carboxylic acid groups (broad SMARTS) is 1. The summed E-state index contributed by atoms with van der Waals surface area (Å²) in [7, 11) is 0. The van der Waals surface area contributed by atoms with Gasteiger partial charge >= 0.3 is 5.96 Å². The average molecular weight is 838 g/mol. The number of primary amides is 1. The van der Waals surface area contributed by atoms with E-state index in [0.29, 0.717) is 19.3 Å². The van der Waals surface area contributed by atoms with Crippen LogP contribution in [0.25, 0.3) is 0 Å². The molecule has 0 aliphatic rings. The average Bonchev–Trinajstić information content (AvgIpc) is 3.69. The van der Waals surface area contributed by atoms with Crippen molar-refractivity contribution in [3.63, 3.8) is 0 Å². The van der Waals surface area contributed by atoms with Gasteiger partial charge in [-0.2, -0.15) is 0 Å². The van der Waals surface area contributed by atoms with Crippen LogP contribution in [0.15, 0.2) is 22.8 Å². The van der Waals surface area contributed by atoms with E-state index in [2.05, 4.69) is 36.9 Å². The predicted octanol–water partition coefficient (Wildman–Crippen LogP) is -4.31. The van der Waals surface area contributed by atoms with Crippen molar-refractivity contribution < 1.29 is 52.9 Å². The molecule has 1 aromatic rings. The van der Waals surface area contributed by atoms with Crippen LogP contribution >= 0.6 is 0 Å². The smallest absolute Gasteiger partial charge is 0.338 e. The molecular weight excluding hydrogens is 770 g/mol. The van der Waals surface area contributed by atoms with E-state index < -0.39 is 84.1 Å². The van der Waals surface area contributed by atoms with E-state index in [1.807, 2.05) is 34.6 Å². The normalized spacial score (nSPS) is 13.8. The van der Waals surface area contributed by atoms with Crippen LogP contribution in [-0.4, -0.2) is 103 Å². The van der Waals surface area contributed by atoms with Crippen molar-refractivity contribution in [2.75, 3.05) is 19.6 Å². The van der Waals surface area contributed by atoms with Crippen LogP contribution in [0.3, 0.4) is 0 Å². The first-order chi connectivity index (χ1) is 27.6. The molecule has 15 N–H and O–H groups in total. The fourth-order valence-corrected chi connectivity index (χ4v) is 5.48. The highest BCUT2D eigenvalue weighted by atomic mass is 16.4. The topological polar surface area (TPSA) is 363 Å². The number of aliphatic carboxylic acids is 1. The first-order valence-corrected chi connectivity index (χ1v) is 19.7. The van der Waals surface area contributed by atoms with Crippen LogP contribution in [0.5, 0.6) is 0 Å². The van der Waals surface area contributed by atoms with Gasteiger partial charge in [-0.25, -0.2) is 0 Å². The Hall–Kier alpha value is -5.73. The minimum absolute atomic E-state index is 0.0161. The number of hydrogen-bond donors (Lipinski definition) is 11. The van der Waals surface area contributed by atoms with Crippen molar-refractivity contribution in [3.8, 4) is 0 Å². The van der Waals surface area contributed by atoms with Gasteiger partial charge in [-0.1, -0.05) is 48.0 Å². The maximum atomic E-state index is 13.6. The number of carbonyl (C=O) groups excluding carboxylic acids is 8. The summed E-state index contributed by atoms with van der Waals surface area (Å²) >= 11 is 0. The summed E-state index contributed by atoms with van der Waals surface area (Å²) in [4.78, 5) is 103. The summed E-state index contributed by atoms with van der Waals surface area (Å²) in [5, 5.41) is 24.7. The van der Waals surface area contributed by atoms with Gasteiger partial charge in [0.25, 0.3) is 5.91 Å². The molecule has 0 saturated carbocycles. The van der Waals surface area contributed by atoms with Crippen molar-refractivity contribution in [2.24, 2.45) is 40.7 Å². The first kappa shape index (κ1) is 53.3. The fourth-order valence-electron chi connectivity index (χ4n) is 5.48. The summed E-state index contributed by atoms with van der Waals surface area (Å²) in [5.74, 6) is -6.05. The fraction of sp³-hybridized carbons (Fsp3) is 0.658. The van der Waals surface area contributed by atoms with Crippen LogP contribution in [0.4, 0.5) is 0 Å². The molecule has 1 rings (SSSR count). The number of guanidine groups is 1. The lowest BCUT2D eigenvalue weighted by Crippen LogP contribution is -2.78. The van der Waals surface area contributed by atoms with E-state index in [1.54, 1.807) is 13.0 Å². The summed E-state index contributed by atoms with van der Waals surface area (Å²) in [6.07, 6.45) is 3.40. The van der Waals surface area contributed by atoms with Crippen molar-refractivity contribution in [1.29, 1.82) is 0 Å². The molecular formula is C38H67N11O10. The Morgan fingerprint density at radius 3 is 1.76 bits per heavy atom. The van der Waals surface area contributed by atoms with Crippen LogP contribution in [0.1, 0.15) is 104 Å². The maximum absolute atomic E-state index is 13.6. The Labute approximate surface area is 345 Å². The number of carbonyl (C=O) groups is 8. The van der Waals surface area contributed by atoms with Crippen LogP contribution < -0.4 is 64.9 Å². The van der Waals surface area contributed by atoms with Gasteiger partial charge in [-0.05, 0) is 81.9 Å². The molecule has 0 aromatic carbocycles. The molecule has 1 aromatic heterocycles. The van der Waals surface area contributed by atoms with Gasteiger partial charge in [-0.15, -0.1) is 0 Å². The predicted molar refractivity (Wildman–Crippen MR) is 216 cm³/mol. The molecule has 0 fully saturated rings. The Morgan fingerprint density at radius 1 is 0.746 bits per heavy atom. The summed E-state index contributed by atoms with van der Waals surface area (Å²) < 4.78 is 5.14. The molecule has 21 nitrogen and oxygen atoms in total. The molecule has 0 bridgehead atoms. The van der Waals surface area contributed by atoms with Gasteiger partial charge in [0.2, 0.25) is 35.4 Å². The third-order valence-corrected chi connectivity index (χ3v) is 8.64. The van der Waals surface area contributed by atoms with Crippen molar-refractivity contribution in [2.45, 2.75) is 124 Å². The van der Waals surface area contributed by atoms with E-state index in [4.69, 9.17) is 37.3 Å². The quantitative estimate of drug-likeness (QED) is 0.0239. The summed E-state index contributed by atoms with van der Waals surface area (Å²) in [6, 6.07) is -2.24. The van der Waals surface area contributed by atoms with Crippen LogP contribution in [-0.2, 0) is 33.6 Å². The largest absolute Gasteiger partial charge is 0.550 e. The van der Waals surface area contributed by atoms with Crippen molar-refractivity contribution >= 4 is 53.3 Å². The Kier molecular flexibility index (Phi) is 25.9. The molecule has 0 aliphatic carbocycles. The lowest BCUT2D eigenvalue weighted by atomic mass is 9.96. The molecule has 59 heavy (non-hydrogen) atoms. The molecule has 7 amide bonds. The van der Waals surface area contributed by atoms with Gasteiger partial charge < -0.3 is 57.7 Å². The van der Waals surface area contributed by atoms with Crippen LogP contribution in [0, 0.1) is 17.8 Å². The van der Waals surface area contributed by atoms with E-state index >= 15 is 0 Å². The molecule has 0 radical (unpaired) electrons. The molecule has 1 heterocycles. The molecule has 0 aliphatic heterocycles. The van der Waals surface area contributed by atoms with Gasteiger partial charge in [0, 0.05) is 5.97 Å². The van der Waals surface area contributed by atoms with E-state index in [0.717, 1.165) is 6.92 Å². The zero-order valence-electron chi connectivity index (χ0n) is 35.3. The highest BCUT2D eigenvalue weighted by Gasteiger charge is 2.32. The Morgan fingerprint density at radius 2 is 1.27 bits per heavy atom. The number of amides is 7. The van der Waals surface area contributed by atoms with Gasteiger partial charge in [0.05, 0.1) is 19.4 Å². The SMILES string of the molecule is CC(=O)[O-].CC[C@H](C)[C@H](NC(=O)[C@H](CC(C)C)NC(=O)c1ccco1)C(=O)NCC(=O)N[C@@H](CCC[NH+]=C(N)N)C(=O)N[C@@H](CC(C)C)C(=O)N[C@@H](CCCN)C(N)=O.